The highest BCUT2D eigenvalue weighted by molar-refractivity contribution is 5.75. The first-order valence-electron chi connectivity index (χ1n) is 7.83. The van der Waals surface area contributed by atoms with Crippen LogP contribution in [0, 0.1) is 5.92 Å². The molecule has 1 saturated carbocycles. The Morgan fingerprint density at radius 3 is 2.53 bits per heavy atom. The fourth-order valence-corrected chi connectivity index (χ4v) is 3.54. The lowest BCUT2D eigenvalue weighted by Crippen LogP contribution is -2.57. The van der Waals surface area contributed by atoms with Gasteiger partial charge in [0.1, 0.15) is 0 Å². The first-order chi connectivity index (χ1) is 9.15. The van der Waals surface area contributed by atoms with Crippen LogP contribution in [-0.2, 0) is 0 Å². The van der Waals surface area contributed by atoms with E-state index in [4.69, 9.17) is 0 Å². The summed E-state index contributed by atoms with van der Waals surface area (Å²) in [4.78, 5) is 14.3. The fraction of sp³-hybridized carbons (Fsp3) is 0.933. The highest BCUT2D eigenvalue weighted by Gasteiger charge is 2.36. The lowest BCUT2D eigenvalue weighted by Gasteiger charge is -2.40. The maximum Gasteiger partial charge on any atom is 0.317 e. The molecule has 2 fully saturated rings. The van der Waals surface area contributed by atoms with Crippen LogP contribution in [0.25, 0.3) is 0 Å². The van der Waals surface area contributed by atoms with Crippen molar-refractivity contribution in [3.63, 3.8) is 0 Å². The average Bonchev–Trinajstić information content (AvgIpc) is 2.67. The zero-order valence-corrected chi connectivity index (χ0v) is 12.2. The van der Waals surface area contributed by atoms with E-state index in [1.165, 1.54) is 19.3 Å². The van der Waals surface area contributed by atoms with Gasteiger partial charge in [-0.1, -0.05) is 32.6 Å². The standard InChI is InChI=1S/C15H28N2O2/c1-13-7-6-8-15(11-13,12-18)16-14(19)17-9-4-2-3-5-10-17/h13,18H,2-12H2,1H3,(H,16,19). The van der Waals surface area contributed by atoms with E-state index in [-0.39, 0.29) is 18.2 Å². The van der Waals surface area contributed by atoms with Gasteiger partial charge in [-0.3, -0.25) is 0 Å². The summed E-state index contributed by atoms with van der Waals surface area (Å²) >= 11 is 0. The molecule has 0 radical (unpaired) electrons. The largest absolute Gasteiger partial charge is 0.394 e. The Morgan fingerprint density at radius 1 is 1.26 bits per heavy atom. The SMILES string of the molecule is CC1CCCC(CO)(NC(=O)N2CCCCCC2)C1. The summed E-state index contributed by atoms with van der Waals surface area (Å²) in [6.07, 6.45) is 8.80. The zero-order chi connectivity index (χ0) is 13.7. The summed E-state index contributed by atoms with van der Waals surface area (Å²) in [6.45, 7) is 4.00. The maximum absolute atomic E-state index is 12.4. The van der Waals surface area contributed by atoms with E-state index in [9.17, 15) is 9.90 Å². The summed E-state index contributed by atoms with van der Waals surface area (Å²) in [5.74, 6) is 0.588. The van der Waals surface area contributed by atoms with Gasteiger partial charge >= 0.3 is 6.03 Å². The lowest BCUT2D eigenvalue weighted by molar-refractivity contribution is 0.0970. The topological polar surface area (TPSA) is 52.6 Å². The normalized spacial score (nSPS) is 32.7. The summed E-state index contributed by atoms with van der Waals surface area (Å²) in [6, 6.07) is 0.0325. The third-order valence-corrected chi connectivity index (χ3v) is 4.66. The molecule has 2 amide bonds. The van der Waals surface area contributed by atoms with Crippen LogP contribution in [0.15, 0.2) is 0 Å². The molecule has 1 saturated heterocycles. The molecule has 19 heavy (non-hydrogen) atoms. The van der Waals surface area contributed by atoms with Crippen LogP contribution in [0.4, 0.5) is 4.79 Å². The average molecular weight is 268 g/mol. The van der Waals surface area contributed by atoms with E-state index in [2.05, 4.69) is 12.2 Å². The molecule has 0 spiro atoms. The van der Waals surface area contributed by atoms with Gasteiger partial charge in [0.2, 0.25) is 0 Å². The van der Waals surface area contributed by atoms with Crippen molar-refractivity contribution in [3.05, 3.63) is 0 Å². The minimum atomic E-state index is -0.374. The van der Waals surface area contributed by atoms with Crippen LogP contribution < -0.4 is 5.32 Å². The van der Waals surface area contributed by atoms with Crippen molar-refractivity contribution < 1.29 is 9.90 Å². The predicted molar refractivity (Wildman–Crippen MR) is 76.0 cm³/mol. The van der Waals surface area contributed by atoms with Gasteiger partial charge in [-0.2, -0.15) is 0 Å². The van der Waals surface area contributed by atoms with E-state index in [1.54, 1.807) is 0 Å². The summed E-state index contributed by atoms with van der Waals surface area (Å²) in [7, 11) is 0. The highest BCUT2D eigenvalue weighted by Crippen LogP contribution is 2.32. The molecule has 2 aliphatic rings. The predicted octanol–water partition coefficient (Wildman–Crippen LogP) is 2.51. The molecule has 110 valence electrons. The molecular weight excluding hydrogens is 240 g/mol. The summed E-state index contributed by atoms with van der Waals surface area (Å²) in [5.41, 5.74) is -0.374. The molecule has 0 aromatic rings. The van der Waals surface area contributed by atoms with Crippen molar-refractivity contribution in [1.82, 2.24) is 10.2 Å². The molecule has 1 aliphatic heterocycles. The number of likely N-dealkylation sites (tertiary alicyclic amines) is 1. The molecule has 4 nitrogen and oxygen atoms in total. The monoisotopic (exact) mass is 268 g/mol. The van der Waals surface area contributed by atoms with Crippen LogP contribution in [0.1, 0.15) is 58.3 Å². The minimum Gasteiger partial charge on any atom is -0.394 e. The van der Waals surface area contributed by atoms with Gasteiger partial charge in [-0.25, -0.2) is 4.79 Å². The Balaban J connectivity index is 1.94. The van der Waals surface area contributed by atoms with Crippen molar-refractivity contribution >= 4 is 6.03 Å². The molecule has 1 aliphatic carbocycles. The lowest BCUT2D eigenvalue weighted by atomic mass is 9.77. The first kappa shape index (κ1) is 14.6. The maximum atomic E-state index is 12.4. The van der Waals surface area contributed by atoms with Crippen molar-refractivity contribution in [2.75, 3.05) is 19.7 Å². The van der Waals surface area contributed by atoms with Crippen LogP contribution in [0.5, 0.6) is 0 Å². The number of aliphatic hydroxyl groups excluding tert-OH is 1. The van der Waals surface area contributed by atoms with Crippen molar-refractivity contribution in [2.24, 2.45) is 5.92 Å². The number of urea groups is 1. The first-order valence-corrected chi connectivity index (χ1v) is 7.83. The van der Waals surface area contributed by atoms with Gasteiger partial charge in [-0.15, -0.1) is 0 Å². The fourth-order valence-electron chi connectivity index (χ4n) is 3.54. The van der Waals surface area contributed by atoms with Crippen molar-refractivity contribution in [1.29, 1.82) is 0 Å². The smallest absolute Gasteiger partial charge is 0.317 e. The van der Waals surface area contributed by atoms with Crippen LogP contribution in [0.2, 0.25) is 0 Å². The molecule has 2 rings (SSSR count). The van der Waals surface area contributed by atoms with E-state index >= 15 is 0 Å². The summed E-state index contributed by atoms with van der Waals surface area (Å²) in [5, 5.41) is 12.9. The number of hydrogen-bond acceptors (Lipinski definition) is 2. The third kappa shape index (κ3) is 3.85. The molecule has 1 heterocycles. The number of rotatable bonds is 2. The molecular formula is C15H28N2O2. The highest BCUT2D eigenvalue weighted by atomic mass is 16.3. The molecule has 4 heteroatoms. The van der Waals surface area contributed by atoms with Crippen LogP contribution in [0.3, 0.4) is 0 Å². The summed E-state index contributed by atoms with van der Waals surface area (Å²) < 4.78 is 0. The second-order valence-corrected chi connectivity index (χ2v) is 6.47. The molecule has 0 bridgehead atoms. The second-order valence-electron chi connectivity index (χ2n) is 6.47. The van der Waals surface area contributed by atoms with Gasteiger partial charge in [0.15, 0.2) is 0 Å². The molecule has 0 aromatic carbocycles. The number of nitrogens with zero attached hydrogens (tertiary/aromatic N) is 1. The number of nitrogens with one attached hydrogen (secondary N) is 1. The van der Waals surface area contributed by atoms with Crippen LogP contribution in [-0.4, -0.2) is 41.3 Å². The number of carbonyl (C=O) groups is 1. The van der Waals surface area contributed by atoms with Gasteiger partial charge < -0.3 is 15.3 Å². The van der Waals surface area contributed by atoms with Crippen molar-refractivity contribution in [3.8, 4) is 0 Å². The Bertz CT molecular complexity index is 301. The number of amides is 2. The number of hydrogen-bond donors (Lipinski definition) is 2. The third-order valence-electron chi connectivity index (χ3n) is 4.66. The molecule has 2 atom stereocenters. The molecule has 2 unspecified atom stereocenters. The number of aliphatic hydroxyl groups is 1. The van der Waals surface area contributed by atoms with E-state index in [0.29, 0.717) is 5.92 Å². The Hall–Kier alpha value is -0.770. The van der Waals surface area contributed by atoms with Gasteiger partial charge in [0, 0.05) is 13.1 Å². The Morgan fingerprint density at radius 2 is 1.95 bits per heavy atom. The quantitative estimate of drug-likeness (QED) is 0.808. The van der Waals surface area contributed by atoms with E-state index in [0.717, 1.165) is 45.2 Å². The van der Waals surface area contributed by atoms with Crippen LogP contribution >= 0.6 is 0 Å². The molecule has 2 N–H and O–H groups in total. The van der Waals surface area contributed by atoms with Crippen molar-refractivity contribution in [2.45, 2.75) is 63.8 Å². The van der Waals surface area contributed by atoms with Gasteiger partial charge in [0.25, 0.3) is 0 Å². The number of carbonyl (C=O) groups excluding carboxylic acids is 1. The zero-order valence-electron chi connectivity index (χ0n) is 12.2. The van der Waals surface area contributed by atoms with Gasteiger partial charge in [0.05, 0.1) is 12.1 Å². The Kier molecular flexibility index (Phi) is 5.08. The minimum absolute atomic E-state index is 0.0325. The van der Waals surface area contributed by atoms with E-state index in [1.807, 2.05) is 4.90 Å². The second kappa shape index (κ2) is 6.60. The molecule has 0 aromatic heterocycles. The van der Waals surface area contributed by atoms with Gasteiger partial charge in [-0.05, 0) is 31.6 Å². The Labute approximate surface area is 116 Å². The van der Waals surface area contributed by atoms with E-state index < -0.39 is 0 Å².